The Morgan fingerprint density at radius 2 is 1.68 bits per heavy atom. The van der Waals surface area contributed by atoms with E-state index in [-0.39, 0.29) is 14.1 Å². The zero-order valence-corrected chi connectivity index (χ0v) is 14.7. The number of sulfone groups is 1. The summed E-state index contributed by atoms with van der Waals surface area (Å²) in [7, 11) is -3.85. The summed E-state index contributed by atoms with van der Waals surface area (Å²) in [6.07, 6.45) is -5.16. The monoisotopic (exact) mass is 393 g/mol. The first-order chi connectivity index (χ1) is 11.4. The van der Waals surface area contributed by atoms with Gasteiger partial charge < -0.3 is 10.4 Å². The number of aryl methyl sites for hydroxylation is 1. The van der Waals surface area contributed by atoms with Crippen molar-refractivity contribution in [3.8, 4) is 0 Å². The van der Waals surface area contributed by atoms with Crippen molar-refractivity contribution in [2.45, 2.75) is 34.7 Å². The molecule has 1 amide bonds. The molecule has 10 heteroatoms. The Morgan fingerprint density at radius 3 is 2.20 bits per heavy atom. The van der Waals surface area contributed by atoms with Crippen LogP contribution in [0.15, 0.2) is 45.5 Å². The highest BCUT2D eigenvalue weighted by atomic mass is 32.2. The van der Waals surface area contributed by atoms with Crippen molar-refractivity contribution >= 4 is 32.1 Å². The molecule has 5 nitrogen and oxygen atoms in total. The number of aliphatic hydroxyl groups is 1. The maximum Gasteiger partial charge on any atom is 0.426 e. The van der Waals surface area contributed by atoms with Crippen molar-refractivity contribution in [2.24, 2.45) is 0 Å². The lowest BCUT2D eigenvalue weighted by atomic mass is 10.1. The van der Waals surface area contributed by atoms with Crippen LogP contribution in [0.1, 0.15) is 12.5 Å². The van der Waals surface area contributed by atoms with E-state index in [0.29, 0.717) is 18.3 Å². The van der Waals surface area contributed by atoms with Crippen LogP contribution in [0.25, 0.3) is 0 Å². The summed E-state index contributed by atoms with van der Waals surface area (Å²) >= 11 is 0.596. The quantitative estimate of drug-likeness (QED) is 0.836. The SMILES string of the molecule is Cc1ccc(S(=O)(=O)c2ccc(NC(=O)C(C)(O)C(F)(F)F)s2)cc1. The Balaban J connectivity index is 2.26. The Kier molecular flexibility index (Phi) is 4.99. The number of carbonyl (C=O) groups excluding carboxylic acids is 1. The third kappa shape index (κ3) is 3.86. The van der Waals surface area contributed by atoms with Gasteiger partial charge in [0.15, 0.2) is 0 Å². The van der Waals surface area contributed by atoms with Crippen LogP contribution >= 0.6 is 11.3 Å². The first-order valence-corrected chi connectivity index (χ1v) is 9.18. The number of alkyl halides is 3. The second kappa shape index (κ2) is 6.43. The maximum atomic E-state index is 12.6. The Labute approximate surface area is 146 Å². The van der Waals surface area contributed by atoms with Crippen molar-refractivity contribution in [3.05, 3.63) is 42.0 Å². The average Bonchev–Trinajstić information content (AvgIpc) is 2.95. The Bertz CT molecular complexity index is 884. The summed E-state index contributed by atoms with van der Waals surface area (Å²) in [5.74, 6) is -1.69. The number of thiophene rings is 1. The van der Waals surface area contributed by atoms with E-state index in [0.717, 1.165) is 11.6 Å². The van der Waals surface area contributed by atoms with Crippen molar-refractivity contribution in [2.75, 3.05) is 5.32 Å². The number of nitrogens with one attached hydrogen (secondary N) is 1. The molecule has 0 aliphatic carbocycles. The molecular weight excluding hydrogens is 379 g/mol. The number of hydrogen-bond acceptors (Lipinski definition) is 5. The van der Waals surface area contributed by atoms with Crippen molar-refractivity contribution in [1.29, 1.82) is 0 Å². The van der Waals surface area contributed by atoms with Gasteiger partial charge in [0.05, 0.1) is 9.90 Å². The third-order valence-electron chi connectivity index (χ3n) is 3.41. The smallest absolute Gasteiger partial charge is 0.373 e. The van der Waals surface area contributed by atoms with Gasteiger partial charge in [-0.15, -0.1) is 11.3 Å². The van der Waals surface area contributed by atoms with Crippen LogP contribution in [-0.4, -0.2) is 31.2 Å². The summed E-state index contributed by atoms with van der Waals surface area (Å²) in [5, 5.41) is 11.1. The van der Waals surface area contributed by atoms with Crippen LogP contribution in [0.4, 0.5) is 18.2 Å². The molecule has 1 unspecified atom stereocenters. The molecule has 2 aromatic rings. The number of carbonyl (C=O) groups is 1. The molecule has 0 bridgehead atoms. The molecule has 1 aromatic carbocycles. The molecule has 2 rings (SSSR count). The predicted molar refractivity (Wildman–Crippen MR) is 86.3 cm³/mol. The zero-order valence-electron chi connectivity index (χ0n) is 13.1. The molecule has 0 saturated heterocycles. The van der Waals surface area contributed by atoms with Crippen LogP contribution < -0.4 is 5.32 Å². The number of halogens is 3. The first kappa shape index (κ1) is 19.4. The minimum Gasteiger partial charge on any atom is -0.373 e. The average molecular weight is 393 g/mol. The van der Waals surface area contributed by atoms with Gasteiger partial charge in [-0.25, -0.2) is 8.42 Å². The van der Waals surface area contributed by atoms with E-state index in [9.17, 15) is 31.5 Å². The molecule has 0 radical (unpaired) electrons. The van der Waals surface area contributed by atoms with Crippen LogP contribution in [0.5, 0.6) is 0 Å². The molecule has 1 aromatic heterocycles. The van der Waals surface area contributed by atoms with Gasteiger partial charge in [-0.3, -0.25) is 4.79 Å². The van der Waals surface area contributed by atoms with Crippen LogP contribution in [0.3, 0.4) is 0 Å². The van der Waals surface area contributed by atoms with E-state index in [1.54, 1.807) is 19.1 Å². The summed E-state index contributed by atoms with van der Waals surface area (Å²) in [5.41, 5.74) is -2.72. The van der Waals surface area contributed by atoms with E-state index in [2.05, 4.69) is 0 Å². The van der Waals surface area contributed by atoms with Gasteiger partial charge in [-0.2, -0.15) is 13.2 Å². The first-order valence-electron chi connectivity index (χ1n) is 6.88. The predicted octanol–water partition coefficient (Wildman–Crippen LogP) is 3.14. The molecule has 0 fully saturated rings. The maximum absolute atomic E-state index is 12.6. The van der Waals surface area contributed by atoms with E-state index in [1.165, 1.54) is 18.2 Å². The zero-order chi connectivity index (χ0) is 19.0. The van der Waals surface area contributed by atoms with E-state index in [1.807, 2.05) is 5.32 Å². The molecule has 2 N–H and O–H groups in total. The fourth-order valence-electron chi connectivity index (χ4n) is 1.73. The fourth-order valence-corrected chi connectivity index (χ4v) is 4.33. The number of rotatable bonds is 4. The summed E-state index contributed by atoms with van der Waals surface area (Å²) in [6, 6.07) is 8.40. The van der Waals surface area contributed by atoms with Crippen LogP contribution in [-0.2, 0) is 14.6 Å². The van der Waals surface area contributed by atoms with Gasteiger partial charge in [0.25, 0.3) is 5.91 Å². The summed E-state index contributed by atoms with van der Waals surface area (Å²) < 4.78 is 62.7. The Morgan fingerprint density at radius 1 is 1.12 bits per heavy atom. The molecule has 25 heavy (non-hydrogen) atoms. The largest absolute Gasteiger partial charge is 0.426 e. The standard InChI is InChI=1S/C15H14F3NO4S2/c1-9-3-5-10(6-4-9)25(22,23)12-8-7-11(24-12)19-13(20)14(2,21)15(16,17)18/h3-8,21H,1-2H3,(H,19,20). The molecule has 0 saturated carbocycles. The minimum atomic E-state index is -5.16. The van der Waals surface area contributed by atoms with Crippen LogP contribution in [0.2, 0.25) is 0 Å². The topological polar surface area (TPSA) is 83.5 Å². The van der Waals surface area contributed by atoms with E-state index >= 15 is 0 Å². The van der Waals surface area contributed by atoms with E-state index in [4.69, 9.17) is 0 Å². The summed E-state index contributed by atoms with van der Waals surface area (Å²) in [4.78, 5) is 11.7. The van der Waals surface area contributed by atoms with E-state index < -0.39 is 27.5 Å². The number of hydrogen-bond donors (Lipinski definition) is 2. The highest BCUT2D eigenvalue weighted by Crippen LogP contribution is 2.34. The molecule has 136 valence electrons. The second-order valence-corrected chi connectivity index (χ2v) is 8.72. The minimum absolute atomic E-state index is 0.0279. The molecule has 0 spiro atoms. The van der Waals surface area contributed by atoms with Gasteiger partial charge in [0.2, 0.25) is 15.4 Å². The number of benzene rings is 1. The van der Waals surface area contributed by atoms with Gasteiger partial charge >= 0.3 is 6.18 Å². The normalized spacial score (nSPS) is 14.8. The highest BCUT2D eigenvalue weighted by Gasteiger charge is 2.55. The molecule has 1 heterocycles. The number of anilines is 1. The molecule has 0 aliphatic heterocycles. The fraction of sp³-hybridized carbons (Fsp3) is 0.267. The lowest BCUT2D eigenvalue weighted by Crippen LogP contribution is -2.52. The molecular formula is C15H14F3NO4S2. The number of amides is 1. The van der Waals surface area contributed by atoms with Crippen molar-refractivity contribution < 1.29 is 31.5 Å². The van der Waals surface area contributed by atoms with Gasteiger partial charge in [-0.1, -0.05) is 17.7 Å². The van der Waals surface area contributed by atoms with Gasteiger partial charge in [-0.05, 0) is 38.1 Å². The third-order valence-corrected chi connectivity index (χ3v) is 6.67. The lowest BCUT2D eigenvalue weighted by Gasteiger charge is -2.24. The van der Waals surface area contributed by atoms with Gasteiger partial charge in [0.1, 0.15) is 4.21 Å². The highest BCUT2D eigenvalue weighted by molar-refractivity contribution is 7.93. The molecule has 1 atom stereocenters. The lowest BCUT2D eigenvalue weighted by molar-refractivity contribution is -0.242. The molecule has 0 aliphatic rings. The summed E-state index contributed by atoms with van der Waals surface area (Å²) in [6.45, 7) is 2.11. The Hall–Kier alpha value is -1.91. The van der Waals surface area contributed by atoms with Crippen molar-refractivity contribution in [3.63, 3.8) is 0 Å². The second-order valence-electron chi connectivity index (χ2n) is 5.46. The van der Waals surface area contributed by atoms with Gasteiger partial charge in [0, 0.05) is 0 Å². The van der Waals surface area contributed by atoms with Crippen molar-refractivity contribution in [1.82, 2.24) is 0 Å². The van der Waals surface area contributed by atoms with Crippen LogP contribution in [0, 0.1) is 6.92 Å².